The highest BCUT2D eigenvalue weighted by atomic mass is 16.6. The largest absolute Gasteiger partial charge is 0.349 e. The van der Waals surface area contributed by atoms with E-state index in [1.165, 1.54) is 12.1 Å². The van der Waals surface area contributed by atoms with Gasteiger partial charge >= 0.3 is 0 Å². The van der Waals surface area contributed by atoms with Crippen LogP contribution in [-0.2, 0) is 4.79 Å². The maximum absolute atomic E-state index is 12.1. The van der Waals surface area contributed by atoms with Crippen molar-refractivity contribution in [1.29, 1.82) is 5.26 Å². The molecule has 0 heterocycles. The number of nitro benzene ring substituents is 1. The van der Waals surface area contributed by atoms with Crippen LogP contribution in [0.4, 0.5) is 5.69 Å². The first kappa shape index (κ1) is 15.7. The van der Waals surface area contributed by atoms with Gasteiger partial charge in [0.05, 0.1) is 4.92 Å². The highest BCUT2D eigenvalue weighted by molar-refractivity contribution is 6.01. The average Bonchev–Trinajstić information content (AvgIpc) is 2.98. The Morgan fingerprint density at radius 2 is 2.14 bits per heavy atom. The number of benzene rings is 1. The first-order chi connectivity index (χ1) is 10.5. The molecule has 6 heteroatoms. The van der Waals surface area contributed by atoms with Crippen LogP contribution < -0.4 is 5.32 Å². The third-order valence-electron chi connectivity index (χ3n) is 3.80. The summed E-state index contributed by atoms with van der Waals surface area (Å²) in [4.78, 5) is 22.5. The van der Waals surface area contributed by atoms with Crippen molar-refractivity contribution in [1.82, 2.24) is 5.32 Å². The van der Waals surface area contributed by atoms with Gasteiger partial charge in [-0.1, -0.05) is 25.0 Å². The van der Waals surface area contributed by atoms with Crippen molar-refractivity contribution in [2.75, 3.05) is 0 Å². The van der Waals surface area contributed by atoms with Gasteiger partial charge in [0.15, 0.2) is 0 Å². The Morgan fingerprint density at radius 3 is 2.73 bits per heavy atom. The van der Waals surface area contributed by atoms with E-state index < -0.39 is 10.8 Å². The van der Waals surface area contributed by atoms with Gasteiger partial charge in [-0.2, -0.15) is 5.26 Å². The molecule has 0 spiro atoms. The minimum absolute atomic E-state index is 0.0257. The molecule has 0 bridgehead atoms. The highest BCUT2D eigenvalue weighted by Gasteiger charge is 2.19. The predicted octanol–water partition coefficient (Wildman–Crippen LogP) is 2.87. The number of rotatable bonds is 4. The molecule has 1 aromatic rings. The van der Waals surface area contributed by atoms with Crippen LogP contribution in [0, 0.1) is 28.4 Å². The summed E-state index contributed by atoms with van der Waals surface area (Å²) < 4.78 is 0. The quantitative estimate of drug-likeness (QED) is 0.400. The molecule has 0 unspecified atom stereocenters. The standard InChI is InChI=1S/C16H17N3O3/c1-11-6-7-12(9-15(11)19(21)22)8-13(10-17)16(20)18-14-4-2-3-5-14/h6-9,14H,2-5H2,1H3,(H,18,20)/b13-8-. The second-order valence-electron chi connectivity index (χ2n) is 5.43. The normalized spacial score (nSPS) is 15.4. The molecule has 1 saturated carbocycles. The molecule has 1 aliphatic rings. The van der Waals surface area contributed by atoms with Crippen LogP contribution in [0.2, 0.25) is 0 Å². The molecule has 1 aliphatic carbocycles. The molecule has 6 nitrogen and oxygen atoms in total. The van der Waals surface area contributed by atoms with Gasteiger partial charge in [0.1, 0.15) is 11.6 Å². The van der Waals surface area contributed by atoms with Crippen LogP contribution in [0.5, 0.6) is 0 Å². The van der Waals surface area contributed by atoms with Gasteiger partial charge in [0.2, 0.25) is 0 Å². The van der Waals surface area contributed by atoms with Crippen LogP contribution in [0.15, 0.2) is 23.8 Å². The van der Waals surface area contributed by atoms with E-state index in [9.17, 15) is 14.9 Å². The second kappa shape index (κ2) is 6.85. The molecule has 0 aromatic heterocycles. The van der Waals surface area contributed by atoms with E-state index in [0.29, 0.717) is 11.1 Å². The maximum Gasteiger partial charge on any atom is 0.272 e. The monoisotopic (exact) mass is 299 g/mol. The summed E-state index contributed by atoms with van der Waals surface area (Å²) in [5.74, 6) is -0.419. The molecule has 1 fully saturated rings. The zero-order valence-corrected chi connectivity index (χ0v) is 12.3. The van der Waals surface area contributed by atoms with Crippen LogP contribution in [0.3, 0.4) is 0 Å². The summed E-state index contributed by atoms with van der Waals surface area (Å²) in [7, 11) is 0. The zero-order chi connectivity index (χ0) is 16.1. The summed E-state index contributed by atoms with van der Waals surface area (Å²) in [6.45, 7) is 1.64. The summed E-state index contributed by atoms with van der Waals surface area (Å²) in [6.07, 6.45) is 5.42. The number of hydrogen-bond donors (Lipinski definition) is 1. The molecule has 0 radical (unpaired) electrons. The molecule has 114 valence electrons. The van der Waals surface area contributed by atoms with Crippen LogP contribution in [0.1, 0.15) is 36.8 Å². The fourth-order valence-electron chi connectivity index (χ4n) is 2.56. The molecule has 1 N–H and O–H groups in total. The molecule has 1 amide bonds. The number of carbonyl (C=O) groups is 1. The van der Waals surface area contributed by atoms with E-state index in [1.807, 2.05) is 6.07 Å². The minimum atomic E-state index is -0.475. The Kier molecular flexibility index (Phi) is 4.89. The molecule has 1 aromatic carbocycles. The average molecular weight is 299 g/mol. The number of nitro groups is 1. The molecular formula is C16H17N3O3. The van der Waals surface area contributed by atoms with Crippen molar-refractivity contribution < 1.29 is 9.72 Å². The Bertz CT molecular complexity index is 668. The SMILES string of the molecule is Cc1ccc(/C=C(/C#N)C(=O)NC2CCCC2)cc1[N+](=O)[O-]. The number of nitrogens with one attached hydrogen (secondary N) is 1. The Labute approximate surface area is 128 Å². The zero-order valence-electron chi connectivity index (χ0n) is 12.3. The van der Waals surface area contributed by atoms with E-state index >= 15 is 0 Å². The summed E-state index contributed by atoms with van der Waals surface area (Å²) >= 11 is 0. The van der Waals surface area contributed by atoms with Crippen LogP contribution >= 0.6 is 0 Å². The molecule has 2 rings (SSSR count). The van der Waals surface area contributed by atoms with Gasteiger partial charge < -0.3 is 5.32 Å². The minimum Gasteiger partial charge on any atom is -0.349 e. The van der Waals surface area contributed by atoms with Gasteiger partial charge in [-0.3, -0.25) is 14.9 Å². The van der Waals surface area contributed by atoms with Crippen molar-refractivity contribution in [2.45, 2.75) is 38.6 Å². The Hall–Kier alpha value is -2.68. The van der Waals surface area contributed by atoms with Crippen molar-refractivity contribution in [3.63, 3.8) is 0 Å². The van der Waals surface area contributed by atoms with Gasteiger partial charge in [0.25, 0.3) is 11.6 Å². The second-order valence-corrected chi connectivity index (χ2v) is 5.43. The Balaban J connectivity index is 2.21. The number of aryl methyl sites for hydroxylation is 1. The third-order valence-corrected chi connectivity index (χ3v) is 3.80. The van der Waals surface area contributed by atoms with Gasteiger partial charge in [-0.05, 0) is 31.4 Å². The number of hydrogen-bond acceptors (Lipinski definition) is 4. The number of nitrogens with zero attached hydrogens (tertiary/aromatic N) is 2. The van der Waals surface area contributed by atoms with E-state index in [2.05, 4.69) is 5.32 Å². The van der Waals surface area contributed by atoms with Gasteiger partial charge in [-0.25, -0.2) is 0 Å². The smallest absolute Gasteiger partial charge is 0.272 e. The van der Waals surface area contributed by atoms with E-state index in [1.54, 1.807) is 19.1 Å². The van der Waals surface area contributed by atoms with Gasteiger partial charge in [0, 0.05) is 17.7 Å². The topological polar surface area (TPSA) is 96.0 Å². The maximum atomic E-state index is 12.1. The number of carbonyl (C=O) groups excluding carboxylic acids is 1. The molecule has 0 saturated heterocycles. The van der Waals surface area contributed by atoms with Crippen molar-refractivity contribution >= 4 is 17.7 Å². The fraction of sp³-hybridized carbons (Fsp3) is 0.375. The summed E-state index contributed by atoms with van der Waals surface area (Å²) in [5.41, 5.74) is 0.943. The van der Waals surface area contributed by atoms with Gasteiger partial charge in [-0.15, -0.1) is 0 Å². The van der Waals surface area contributed by atoms with E-state index in [4.69, 9.17) is 5.26 Å². The first-order valence-corrected chi connectivity index (χ1v) is 7.19. The van der Waals surface area contributed by atoms with E-state index in [-0.39, 0.29) is 17.3 Å². The third kappa shape index (κ3) is 3.70. The number of nitriles is 1. The molecule has 22 heavy (non-hydrogen) atoms. The first-order valence-electron chi connectivity index (χ1n) is 7.19. The lowest BCUT2D eigenvalue weighted by molar-refractivity contribution is -0.385. The molecule has 0 aliphatic heterocycles. The van der Waals surface area contributed by atoms with E-state index in [0.717, 1.165) is 25.7 Å². The lowest BCUT2D eigenvalue weighted by Crippen LogP contribution is -2.33. The molecule has 0 atom stereocenters. The fourth-order valence-corrected chi connectivity index (χ4v) is 2.56. The lowest BCUT2D eigenvalue weighted by atomic mass is 10.1. The summed E-state index contributed by atoms with van der Waals surface area (Å²) in [6, 6.07) is 6.62. The van der Waals surface area contributed by atoms with Crippen LogP contribution in [-0.4, -0.2) is 16.9 Å². The Morgan fingerprint density at radius 1 is 1.45 bits per heavy atom. The van der Waals surface area contributed by atoms with Crippen molar-refractivity contribution in [2.24, 2.45) is 0 Å². The van der Waals surface area contributed by atoms with Crippen LogP contribution in [0.25, 0.3) is 6.08 Å². The lowest BCUT2D eigenvalue weighted by Gasteiger charge is -2.10. The van der Waals surface area contributed by atoms with Crippen molar-refractivity contribution in [3.05, 3.63) is 45.0 Å². The molecular weight excluding hydrogens is 282 g/mol. The highest BCUT2D eigenvalue weighted by Crippen LogP contribution is 2.21. The number of amides is 1. The predicted molar refractivity (Wildman–Crippen MR) is 81.8 cm³/mol. The summed E-state index contributed by atoms with van der Waals surface area (Å²) in [5, 5.41) is 22.9. The van der Waals surface area contributed by atoms with Crippen molar-refractivity contribution in [3.8, 4) is 6.07 Å².